The van der Waals surface area contributed by atoms with Gasteiger partial charge in [0.1, 0.15) is 6.10 Å². The Bertz CT molecular complexity index is 518. The summed E-state index contributed by atoms with van der Waals surface area (Å²) in [6.07, 6.45) is -0.509. The molecule has 1 aromatic carbocycles. The van der Waals surface area contributed by atoms with Gasteiger partial charge in [-0.25, -0.2) is 0 Å². The van der Waals surface area contributed by atoms with E-state index in [2.05, 4.69) is 11.9 Å². The van der Waals surface area contributed by atoms with Gasteiger partial charge < -0.3 is 14.7 Å². The highest BCUT2D eigenvalue weighted by molar-refractivity contribution is 5.42. The van der Waals surface area contributed by atoms with Crippen molar-refractivity contribution in [1.29, 1.82) is 0 Å². The Morgan fingerprint density at radius 2 is 1.81 bits per heavy atom. The number of hydrogen-bond acceptors (Lipinski definition) is 3. The molecular formula is C15H18F3NO2. The van der Waals surface area contributed by atoms with E-state index in [1.54, 1.807) is 0 Å². The van der Waals surface area contributed by atoms with E-state index in [0.717, 1.165) is 37.8 Å². The highest BCUT2D eigenvalue weighted by Gasteiger charge is 2.39. The Labute approximate surface area is 121 Å². The lowest BCUT2D eigenvalue weighted by molar-refractivity contribution is -0.137. The van der Waals surface area contributed by atoms with Crippen LogP contribution in [0.4, 0.5) is 13.2 Å². The van der Waals surface area contributed by atoms with Gasteiger partial charge >= 0.3 is 6.18 Å². The van der Waals surface area contributed by atoms with Gasteiger partial charge in [-0.1, -0.05) is 0 Å². The second-order valence-electron chi connectivity index (χ2n) is 5.94. The summed E-state index contributed by atoms with van der Waals surface area (Å²) in [6, 6.07) is 3.83. The van der Waals surface area contributed by atoms with Gasteiger partial charge in [-0.2, -0.15) is 13.2 Å². The van der Waals surface area contributed by atoms with Gasteiger partial charge in [0.25, 0.3) is 0 Å². The number of nitrogens with zero attached hydrogens (tertiary/aromatic N) is 1. The molecular weight excluding hydrogens is 283 g/mol. The number of piperidine rings is 1. The number of benzene rings is 1. The molecule has 0 spiro atoms. The van der Waals surface area contributed by atoms with Crippen LogP contribution in [-0.2, 0) is 6.18 Å². The molecule has 3 nitrogen and oxygen atoms in total. The molecule has 3 rings (SSSR count). The second-order valence-corrected chi connectivity index (χ2v) is 5.94. The molecule has 2 aliphatic heterocycles. The number of fused-ring (bicyclic) bond motifs is 2. The van der Waals surface area contributed by atoms with E-state index in [4.69, 9.17) is 4.74 Å². The molecule has 2 aliphatic rings. The molecule has 2 heterocycles. The zero-order chi connectivity index (χ0) is 15.2. The lowest BCUT2D eigenvalue weighted by Gasteiger charge is -2.36. The molecule has 0 amide bonds. The van der Waals surface area contributed by atoms with Crippen molar-refractivity contribution in [3.05, 3.63) is 23.8 Å². The summed E-state index contributed by atoms with van der Waals surface area (Å²) in [7, 11) is 2.11. The Kier molecular flexibility index (Phi) is 3.51. The molecule has 6 heteroatoms. The fourth-order valence-electron chi connectivity index (χ4n) is 3.43. The number of aromatic hydroxyl groups is 1. The molecule has 2 bridgehead atoms. The summed E-state index contributed by atoms with van der Waals surface area (Å²) in [5.41, 5.74) is -0.865. The van der Waals surface area contributed by atoms with Crippen molar-refractivity contribution in [2.45, 2.75) is 50.0 Å². The number of ether oxygens (including phenoxy) is 1. The Hall–Kier alpha value is -1.43. The highest BCUT2D eigenvalue weighted by Crippen LogP contribution is 2.39. The first-order valence-corrected chi connectivity index (χ1v) is 7.13. The maximum Gasteiger partial charge on any atom is 0.416 e. The molecule has 0 radical (unpaired) electrons. The van der Waals surface area contributed by atoms with Crippen LogP contribution in [0.2, 0.25) is 0 Å². The van der Waals surface area contributed by atoms with Crippen molar-refractivity contribution >= 4 is 0 Å². The van der Waals surface area contributed by atoms with Crippen molar-refractivity contribution in [3.8, 4) is 11.5 Å². The third-order valence-electron chi connectivity index (χ3n) is 4.63. The van der Waals surface area contributed by atoms with E-state index in [1.807, 2.05) is 0 Å². The molecule has 1 N–H and O–H groups in total. The zero-order valence-electron chi connectivity index (χ0n) is 11.7. The maximum absolute atomic E-state index is 12.6. The molecule has 2 atom stereocenters. The van der Waals surface area contributed by atoms with Crippen molar-refractivity contribution in [1.82, 2.24) is 4.90 Å². The third-order valence-corrected chi connectivity index (χ3v) is 4.63. The van der Waals surface area contributed by atoms with Crippen molar-refractivity contribution in [2.24, 2.45) is 0 Å². The van der Waals surface area contributed by atoms with Gasteiger partial charge in [-0.05, 0) is 50.9 Å². The van der Waals surface area contributed by atoms with E-state index < -0.39 is 17.5 Å². The Morgan fingerprint density at radius 3 is 2.33 bits per heavy atom. The molecule has 0 aliphatic carbocycles. The average molecular weight is 301 g/mol. The van der Waals surface area contributed by atoms with Gasteiger partial charge in [0.05, 0.1) is 5.56 Å². The van der Waals surface area contributed by atoms with Gasteiger partial charge in [0.15, 0.2) is 11.5 Å². The predicted molar refractivity (Wildman–Crippen MR) is 71.3 cm³/mol. The minimum absolute atomic E-state index is 0.0404. The van der Waals surface area contributed by atoms with E-state index >= 15 is 0 Å². The summed E-state index contributed by atoms with van der Waals surface area (Å²) in [4.78, 5) is 2.35. The number of phenolic OH excluding ortho intramolecular Hbond substituents is 1. The summed E-state index contributed by atoms with van der Waals surface area (Å²) in [5, 5.41) is 9.75. The van der Waals surface area contributed by atoms with Crippen LogP contribution in [0.3, 0.4) is 0 Å². The Balaban J connectivity index is 1.71. The molecule has 0 aromatic heterocycles. The first-order chi connectivity index (χ1) is 9.84. The third kappa shape index (κ3) is 2.81. The van der Waals surface area contributed by atoms with Crippen LogP contribution in [-0.4, -0.2) is 35.2 Å². The fourth-order valence-corrected chi connectivity index (χ4v) is 3.43. The SMILES string of the molecule is CN1C2CCC1CC(Oc1ccc(C(F)(F)F)cc1O)C2. The van der Waals surface area contributed by atoms with E-state index in [9.17, 15) is 18.3 Å². The number of halogens is 3. The van der Waals surface area contributed by atoms with Gasteiger partial charge in [0, 0.05) is 12.1 Å². The monoisotopic (exact) mass is 301 g/mol. The normalized spacial score (nSPS) is 29.6. The topological polar surface area (TPSA) is 32.7 Å². The smallest absolute Gasteiger partial charge is 0.416 e. The van der Waals surface area contributed by atoms with Crippen LogP contribution in [0.5, 0.6) is 11.5 Å². The van der Waals surface area contributed by atoms with E-state index in [-0.39, 0.29) is 11.9 Å². The first kappa shape index (κ1) is 14.5. The van der Waals surface area contributed by atoms with Crippen LogP contribution in [0, 0.1) is 0 Å². The molecule has 2 fully saturated rings. The molecule has 2 unspecified atom stereocenters. The minimum Gasteiger partial charge on any atom is -0.504 e. The predicted octanol–water partition coefficient (Wildman–Crippen LogP) is 3.42. The largest absolute Gasteiger partial charge is 0.504 e. The maximum atomic E-state index is 12.6. The summed E-state index contributed by atoms with van der Waals surface area (Å²) < 4.78 is 43.4. The molecule has 1 aromatic rings. The number of phenols is 1. The van der Waals surface area contributed by atoms with Crippen molar-refractivity contribution < 1.29 is 23.0 Å². The van der Waals surface area contributed by atoms with Crippen LogP contribution >= 0.6 is 0 Å². The van der Waals surface area contributed by atoms with Crippen molar-refractivity contribution in [2.75, 3.05) is 7.05 Å². The quantitative estimate of drug-likeness (QED) is 0.908. The number of rotatable bonds is 2. The van der Waals surface area contributed by atoms with Gasteiger partial charge in [-0.3, -0.25) is 0 Å². The summed E-state index contributed by atoms with van der Waals surface area (Å²) >= 11 is 0. The second kappa shape index (κ2) is 5.09. The average Bonchev–Trinajstić information content (AvgIpc) is 2.62. The van der Waals surface area contributed by atoms with E-state index in [1.165, 1.54) is 6.07 Å². The number of hydrogen-bond donors (Lipinski definition) is 1. The van der Waals surface area contributed by atoms with Crippen LogP contribution in [0.15, 0.2) is 18.2 Å². The van der Waals surface area contributed by atoms with E-state index in [0.29, 0.717) is 12.1 Å². The lowest BCUT2D eigenvalue weighted by Crippen LogP contribution is -2.43. The zero-order valence-corrected chi connectivity index (χ0v) is 11.7. The van der Waals surface area contributed by atoms with Crippen LogP contribution in [0.25, 0.3) is 0 Å². The summed E-state index contributed by atoms with van der Waals surface area (Å²) in [5.74, 6) is -0.312. The minimum atomic E-state index is -4.46. The fraction of sp³-hybridized carbons (Fsp3) is 0.600. The number of alkyl halides is 3. The van der Waals surface area contributed by atoms with Crippen LogP contribution in [0.1, 0.15) is 31.2 Å². The molecule has 2 saturated heterocycles. The van der Waals surface area contributed by atoms with Gasteiger partial charge in [-0.15, -0.1) is 0 Å². The molecule has 116 valence electrons. The highest BCUT2D eigenvalue weighted by atomic mass is 19.4. The molecule has 0 saturated carbocycles. The Morgan fingerprint density at radius 1 is 1.19 bits per heavy atom. The molecule has 21 heavy (non-hydrogen) atoms. The summed E-state index contributed by atoms with van der Waals surface area (Å²) in [6.45, 7) is 0. The van der Waals surface area contributed by atoms with Gasteiger partial charge in [0.2, 0.25) is 0 Å². The standard InChI is InChI=1S/C15H18F3NO2/c1-19-10-3-4-11(19)8-12(7-10)21-14-5-2-9(6-13(14)20)15(16,17)18/h2,5-6,10-12,20H,3-4,7-8H2,1H3. The van der Waals surface area contributed by atoms with Crippen molar-refractivity contribution in [3.63, 3.8) is 0 Å². The first-order valence-electron chi connectivity index (χ1n) is 7.13. The van der Waals surface area contributed by atoms with Crippen LogP contribution < -0.4 is 4.74 Å². The lowest BCUT2D eigenvalue weighted by atomic mass is 10.0.